The van der Waals surface area contributed by atoms with Gasteiger partial charge in [0.05, 0.1) is 11.5 Å². The molecule has 9 heteroatoms. The molecule has 6 nitrogen and oxygen atoms in total. The smallest absolute Gasteiger partial charge is 0.348 e. The maximum atomic E-state index is 13.2. The van der Waals surface area contributed by atoms with Crippen LogP contribution in [0.4, 0.5) is 0 Å². The molecule has 150 valence electrons. The van der Waals surface area contributed by atoms with Gasteiger partial charge in [0.25, 0.3) is 0 Å². The minimum absolute atomic E-state index is 0. The molecule has 2 heterocycles. The summed E-state index contributed by atoms with van der Waals surface area (Å²) in [5.74, 6) is -0.383. The molecule has 1 aromatic carbocycles. The van der Waals surface area contributed by atoms with Crippen LogP contribution in [-0.4, -0.2) is 43.9 Å². The Morgan fingerprint density at radius 3 is 2.78 bits per heavy atom. The first-order valence-electron chi connectivity index (χ1n) is 8.82. The van der Waals surface area contributed by atoms with Crippen LogP contribution >= 0.6 is 23.7 Å². The molecular weight excluding hydrogens is 408 g/mol. The lowest BCUT2D eigenvalue weighted by atomic mass is 10.00. The molecule has 2 unspecified atom stereocenters. The number of hydrogen-bond acceptors (Lipinski definition) is 6. The fraction of sp³-hybridized carbons (Fsp3) is 0.500. The highest BCUT2D eigenvalue weighted by atomic mass is 35.5. The van der Waals surface area contributed by atoms with Crippen LogP contribution in [0, 0.1) is 0 Å². The van der Waals surface area contributed by atoms with E-state index in [0.717, 1.165) is 29.3 Å². The zero-order valence-corrected chi connectivity index (χ0v) is 17.8. The lowest BCUT2D eigenvalue weighted by molar-refractivity contribution is 0.0532. The van der Waals surface area contributed by atoms with E-state index in [-0.39, 0.29) is 35.4 Å². The molecule has 1 aromatic heterocycles. The number of nitrogens with two attached hydrogens (primary N) is 1. The van der Waals surface area contributed by atoms with Gasteiger partial charge < -0.3 is 10.5 Å². The van der Waals surface area contributed by atoms with E-state index in [9.17, 15) is 13.2 Å². The largest absolute Gasteiger partial charge is 0.462 e. The topological polar surface area (TPSA) is 89.7 Å². The third-order valence-electron chi connectivity index (χ3n) is 4.68. The SMILES string of the molecule is CCOC(=O)c1cc2cc(S(=O)(=O)N3CCCCC3C(C)N)ccc2s1.Cl. The number of carbonyl (C=O) groups excluding carboxylic acids is 1. The van der Waals surface area contributed by atoms with Gasteiger partial charge in [-0.2, -0.15) is 4.31 Å². The van der Waals surface area contributed by atoms with Gasteiger partial charge in [-0.25, -0.2) is 13.2 Å². The van der Waals surface area contributed by atoms with E-state index in [1.807, 2.05) is 6.92 Å². The van der Waals surface area contributed by atoms with Gasteiger partial charge in [0, 0.05) is 23.3 Å². The van der Waals surface area contributed by atoms with Crippen LogP contribution in [0.15, 0.2) is 29.2 Å². The molecule has 0 radical (unpaired) electrons. The Bertz CT molecular complexity index is 911. The lowest BCUT2D eigenvalue weighted by Gasteiger charge is -2.36. The number of sulfonamides is 1. The summed E-state index contributed by atoms with van der Waals surface area (Å²) in [4.78, 5) is 12.6. The zero-order chi connectivity index (χ0) is 18.9. The summed E-state index contributed by atoms with van der Waals surface area (Å²) < 4.78 is 33.8. The zero-order valence-electron chi connectivity index (χ0n) is 15.4. The molecule has 2 atom stereocenters. The number of piperidine rings is 1. The molecule has 1 aliphatic rings. The molecule has 1 saturated heterocycles. The van der Waals surface area contributed by atoms with E-state index in [4.69, 9.17) is 10.5 Å². The number of fused-ring (bicyclic) bond motifs is 1. The van der Waals surface area contributed by atoms with E-state index in [2.05, 4.69) is 0 Å². The lowest BCUT2D eigenvalue weighted by Crippen LogP contribution is -2.51. The van der Waals surface area contributed by atoms with Crippen molar-refractivity contribution in [2.75, 3.05) is 13.2 Å². The highest BCUT2D eigenvalue weighted by Gasteiger charge is 2.35. The first kappa shape index (κ1) is 22.1. The number of rotatable bonds is 5. The van der Waals surface area contributed by atoms with Gasteiger partial charge >= 0.3 is 5.97 Å². The number of esters is 1. The van der Waals surface area contributed by atoms with Crippen LogP contribution in [0.5, 0.6) is 0 Å². The highest BCUT2D eigenvalue weighted by molar-refractivity contribution is 7.89. The number of thiophene rings is 1. The molecule has 0 amide bonds. The summed E-state index contributed by atoms with van der Waals surface area (Å²) >= 11 is 1.30. The number of halogens is 1. The Morgan fingerprint density at radius 2 is 2.11 bits per heavy atom. The molecule has 1 aliphatic heterocycles. The summed E-state index contributed by atoms with van der Waals surface area (Å²) in [6.07, 6.45) is 2.62. The molecule has 27 heavy (non-hydrogen) atoms. The predicted molar refractivity (Wildman–Crippen MR) is 110 cm³/mol. The number of hydrogen-bond donors (Lipinski definition) is 1. The molecule has 1 fully saturated rings. The average molecular weight is 433 g/mol. The number of ether oxygens (including phenoxy) is 1. The van der Waals surface area contributed by atoms with Gasteiger partial charge in [0.1, 0.15) is 4.88 Å². The third-order valence-corrected chi connectivity index (χ3v) is 7.69. The third kappa shape index (κ3) is 4.46. The van der Waals surface area contributed by atoms with Crippen LogP contribution in [0.25, 0.3) is 10.1 Å². The average Bonchev–Trinajstić information content (AvgIpc) is 3.05. The van der Waals surface area contributed by atoms with Crippen LogP contribution in [0.2, 0.25) is 0 Å². The van der Waals surface area contributed by atoms with Crippen LogP contribution in [0.1, 0.15) is 42.8 Å². The standard InChI is InChI=1S/C18H24N2O4S2.ClH/c1-3-24-18(21)17-11-13-10-14(7-8-16(13)25-17)26(22,23)20-9-5-4-6-15(20)12(2)19;/h7-8,10-12,15H,3-6,9,19H2,1-2H3;1H. The molecule has 0 saturated carbocycles. The number of nitrogens with zero attached hydrogens (tertiary/aromatic N) is 1. The van der Waals surface area contributed by atoms with E-state index >= 15 is 0 Å². The Labute approximate surface area is 170 Å². The van der Waals surface area contributed by atoms with Crippen molar-refractivity contribution in [1.29, 1.82) is 0 Å². The molecular formula is C18H25ClN2O4S2. The Balaban J connectivity index is 0.00000261. The highest BCUT2D eigenvalue weighted by Crippen LogP contribution is 2.31. The summed E-state index contributed by atoms with van der Waals surface area (Å²) in [7, 11) is -3.63. The van der Waals surface area contributed by atoms with E-state index in [1.165, 1.54) is 11.3 Å². The normalized spacial score (nSPS) is 19.4. The molecule has 3 rings (SSSR count). The maximum absolute atomic E-state index is 13.2. The van der Waals surface area contributed by atoms with E-state index in [1.54, 1.807) is 35.5 Å². The molecule has 0 spiro atoms. The Morgan fingerprint density at radius 1 is 1.37 bits per heavy atom. The van der Waals surface area contributed by atoms with Crippen molar-refractivity contribution in [3.05, 3.63) is 29.1 Å². The second kappa shape index (κ2) is 8.87. The Kier molecular flexibility index (Phi) is 7.27. The molecule has 0 bridgehead atoms. The summed E-state index contributed by atoms with van der Waals surface area (Å²) in [5, 5.41) is 0.730. The van der Waals surface area contributed by atoms with Crippen molar-refractivity contribution in [1.82, 2.24) is 4.31 Å². The summed E-state index contributed by atoms with van der Waals surface area (Å²) in [6, 6.07) is 6.29. The first-order chi connectivity index (χ1) is 12.3. The minimum atomic E-state index is -3.63. The summed E-state index contributed by atoms with van der Waals surface area (Å²) in [5.41, 5.74) is 6.03. The Hall–Kier alpha value is -1.19. The van der Waals surface area contributed by atoms with Gasteiger partial charge in [0.15, 0.2) is 0 Å². The fourth-order valence-electron chi connectivity index (χ4n) is 3.37. The second-order valence-electron chi connectivity index (χ2n) is 6.57. The van der Waals surface area contributed by atoms with Gasteiger partial charge in [-0.1, -0.05) is 6.42 Å². The van der Waals surface area contributed by atoms with Crippen LogP contribution in [-0.2, 0) is 14.8 Å². The van der Waals surface area contributed by atoms with Crippen molar-refractivity contribution in [2.45, 2.75) is 50.1 Å². The molecule has 2 aromatic rings. The number of carbonyl (C=O) groups is 1. The van der Waals surface area contributed by atoms with Gasteiger partial charge in [-0.3, -0.25) is 0 Å². The van der Waals surface area contributed by atoms with Crippen LogP contribution < -0.4 is 5.73 Å². The van der Waals surface area contributed by atoms with Crippen molar-refractivity contribution >= 4 is 49.8 Å². The fourth-order valence-corrected chi connectivity index (χ4v) is 6.12. The summed E-state index contributed by atoms with van der Waals surface area (Å²) in [6.45, 7) is 4.40. The van der Waals surface area contributed by atoms with Gasteiger partial charge in [0.2, 0.25) is 10.0 Å². The van der Waals surface area contributed by atoms with Crippen molar-refractivity contribution < 1.29 is 17.9 Å². The van der Waals surface area contributed by atoms with Crippen molar-refractivity contribution in [3.8, 4) is 0 Å². The van der Waals surface area contributed by atoms with E-state index < -0.39 is 10.0 Å². The maximum Gasteiger partial charge on any atom is 0.348 e. The van der Waals surface area contributed by atoms with Crippen molar-refractivity contribution in [2.24, 2.45) is 5.73 Å². The van der Waals surface area contributed by atoms with Crippen molar-refractivity contribution in [3.63, 3.8) is 0 Å². The van der Waals surface area contributed by atoms with Gasteiger partial charge in [-0.05, 0) is 56.3 Å². The predicted octanol–water partition coefficient (Wildman–Crippen LogP) is 3.39. The first-order valence-corrected chi connectivity index (χ1v) is 11.1. The number of benzene rings is 1. The second-order valence-corrected chi connectivity index (χ2v) is 9.54. The van der Waals surface area contributed by atoms with Crippen LogP contribution in [0.3, 0.4) is 0 Å². The van der Waals surface area contributed by atoms with Gasteiger partial charge in [-0.15, -0.1) is 23.7 Å². The quantitative estimate of drug-likeness (QED) is 0.731. The van der Waals surface area contributed by atoms with E-state index in [0.29, 0.717) is 18.0 Å². The monoisotopic (exact) mass is 432 g/mol. The minimum Gasteiger partial charge on any atom is -0.462 e. The molecule has 2 N–H and O–H groups in total. The molecule has 0 aliphatic carbocycles.